The van der Waals surface area contributed by atoms with Gasteiger partial charge in [0.25, 0.3) is 0 Å². The molecule has 1 fully saturated rings. The van der Waals surface area contributed by atoms with Crippen molar-refractivity contribution in [2.45, 2.75) is 51.2 Å². The van der Waals surface area contributed by atoms with Gasteiger partial charge in [0.2, 0.25) is 0 Å². The van der Waals surface area contributed by atoms with E-state index >= 15 is 0 Å². The molecule has 0 aliphatic heterocycles. The Labute approximate surface area is 133 Å². The summed E-state index contributed by atoms with van der Waals surface area (Å²) >= 11 is 6.22. The Morgan fingerprint density at radius 3 is 2.57 bits per heavy atom. The van der Waals surface area contributed by atoms with Crippen molar-refractivity contribution in [2.75, 3.05) is 20.3 Å². The minimum atomic E-state index is -0.150. The standard InChI is InChI=1S/C17H26ClNO2/c1-4-19-16(17(21-5-2)10-6-7-11-17)14-12-13(18)8-9-15(14)20-3/h8-9,12,16,19H,4-7,10-11H2,1-3H3. The molecule has 3 nitrogen and oxygen atoms in total. The predicted molar refractivity (Wildman–Crippen MR) is 87.2 cm³/mol. The van der Waals surface area contributed by atoms with Crippen LogP contribution < -0.4 is 10.1 Å². The summed E-state index contributed by atoms with van der Waals surface area (Å²) in [5, 5.41) is 4.34. The van der Waals surface area contributed by atoms with Crippen LogP contribution in [0.5, 0.6) is 5.75 Å². The normalized spacial score (nSPS) is 18.7. The van der Waals surface area contributed by atoms with Gasteiger partial charge in [-0.15, -0.1) is 0 Å². The zero-order valence-electron chi connectivity index (χ0n) is 13.2. The van der Waals surface area contributed by atoms with Gasteiger partial charge in [0.15, 0.2) is 0 Å². The molecule has 0 bridgehead atoms. The van der Waals surface area contributed by atoms with Crippen molar-refractivity contribution >= 4 is 11.6 Å². The third kappa shape index (κ3) is 3.53. The molecule has 118 valence electrons. The Bertz CT molecular complexity index is 458. The molecule has 1 aliphatic rings. The van der Waals surface area contributed by atoms with Crippen LogP contribution in [0.15, 0.2) is 18.2 Å². The lowest BCUT2D eigenvalue weighted by Gasteiger charge is -2.38. The topological polar surface area (TPSA) is 30.5 Å². The van der Waals surface area contributed by atoms with Gasteiger partial charge >= 0.3 is 0 Å². The fraction of sp³-hybridized carbons (Fsp3) is 0.647. The quantitative estimate of drug-likeness (QED) is 0.812. The van der Waals surface area contributed by atoms with Gasteiger partial charge in [-0.2, -0.15) is 0 Å². The van der Waals surface area contributed by atoms with Crippen LogP contribution in [-0.4, -0.2) is 25.9 Å². The van der Waals surface area contributed by atoms with Gasteiger partial charge in [-0.05, 0) is 44.5 Å². The van der Waals surface area contributed by atoms with Gasteiger partial charge < -0.3 is 14.8 Å². The molecular formula is C17H26ClNO2. The fourth-order valence-electron chi connectivity index (χ4n) is 3.49. The van der Waals surface area contributed by atoms with Crippen LogP contribution in [0, 0.1) is 0 Å². The zero-order valence-corrected chi connectivity index (χ0v) is 14.0. The molecule has 0 aromatic heterocycles. The Morgan fingerprint density at radius 2 is 2.00 bits per heavy atom. The average Bonchev–Trinajstić information content (AvgIpc) is 2.94. The third-order valence-corrected chi connectivity index (χ3v) is 4.55. The molecular weight excluding hydrogens is 286 g/mol. The molecule has 1 atom stereocenters. The number of halogens is 1. The largest absolute Gasteiger partial charge is 0.496 e. The van der Waals surface area contributed by atoms with Crippen molar-refractivity contribution in [1.29, 1.82) is 0 Å². The minimum Gasteiger partial charge on any atom is -0.496 e. The van der Waals surface area contributed by atoms with Crippen molar-refractivity contribution < 1.29 is 9.47 Å². The fourth-order valence-corrected chi connectivity index (χ4v) is 3.67. The Kier molecular flexibility index (Phi) is 5.91. The molecule has 0 heterocycles. The SMILES string of the molecule is CCNC(c1cc(Cl)ccc1OC)C1(OCC)CCCC1. The van der Waals surface area contributed by atoms with Crippen LogP contribution in [0.1, 0.15) is 51.1 Å². The lowest BCUT2D eigenvalue weighted by molar-refractivity contribution is -0.0627. The van der Waals surface area contributed by atoms with Crippen LogP contribution in [-0.2, 0) is 4.74 Å². The maximum atomic E-state index is 6.24. The highest BCUT2D eigenvalue weighted by molar-refractivity contribution is 6.30. The molecule has 1 saturated carbocycles. The molecule has 1 unspecified atom stereocenters. The van der Waals surface area contributed by atoms with Crippen LogP contribution in [0.2, 0.25) is 5.02 Å². The number of ether oxygens (including phenoxy) is 2. The van der Waals surface area contributed by atoms with Crippen LogP contribution in [0.25, 0.3) is 0 Å². The van der Waals surface area contributed by atoms with E-state index in [0.717, 1.165) is 42.3 Å². The number of likely N-dealkylation sites (N-methyl/N-ethyl adjacent to an activating group) is 1. The lowest BCUT2D eigenvalue weighted by atomic mass is 9.86. The molecule has 21 heavy (non-hydrogen) atoms. The molecule has 0 saturated heterocycles. The van der Waals surface area contributed by atoms with E-state index in [4.69, 9.17) is 21.1 Å². The first-order chi connectivity index (χ1) is 10.2. The Morgan fingerprint density at radius 1 is 1.29 bits per heavy atom. The van der Waals surface area contributed by atoms with Gasteiger partial charge in [0.1, 0.15) is 5.75 Å². The maximum absolute atomic E-state index is 6.24. The van der Waals surface area contributed by atoms with Crippen LogP contribution in [0.3, 0.4) is 0 Å². The van der Waals surface area contributed by atoms with Gasteiger partial charge in [-0.1, -0.05) is 31.4 Å². The first-order valence-electron chi connectivity index (χ1n) is 7.87. The van der Waals surface area contributed by atoms with E-state index in [-0.39, 0.29) is 11.6 Å². The van der Waals surface area contributed by atoms with Gasteiger partial charge in [-0.3, -0.25) is 0 Å². The van der Waals surface area contributed by atoms with E-state index in [1.165, 1.54) is 12.8 Å². The average molecular weight is 312 g/mol. The smallest absolute Gasteiger partial charge is 0.123 e. The number of methoxy groups -OCH3 is 1. The molecule has 1 aromatic carbocycles. The molecule has 0 amide bonds. The van der Waals surface area contributed by atoms with Crippen molar-refractivity contribution in [1.82, 2.24) is 5.32 Å². The van der Waals surface area contributed by atoms with Crippen molar-refractivity contribution in [2.24, 2.45) is 0 Å². The van der Waals surface area contributed by atoms with Crippen molar-refractivity contribution in [3.63, 3.8) is 0 Å². The highest BCUT2D eigenvalue weighted by atomic mass is 35.5. The van der Waals surface area contributed by atoms with E-state index in [1.807, 2.05) is 18.2 Å². The molecule has 0 radical (unpaired) electrons. The van der Waals surface area contributed by atoms with Crippen LogP contribution in [0.4, 0.5) is 0 Å². The van der Waals surface area contributed by atoms with Gasteiger partial charge in [0, 0.05) is 17.2 Å². The number of hydrogen-bond donors (Lipinski definition) is 1. The molecule has 1 aromatic rings. The summed E-state index contributed by atoms with van der Waals surface area (Å²) in [6.07, 6.45) is 4.58. The summed E-state index contributed by atoms with van der Waals surface area (Å²) in [4.78, 5) is 0. The Balaban J connectivity index is 2.44. The summed E-state index contributed by atoms with van der Waals surface area (Å²) in [5.74, 6) is 0.872. The molecule has 4 heteroatoms. The first-order valence-corrected chi connectivity index (χ1v) is 8.25. The summed E-state index contributed by atoms with van der Waals surface area (Å²) in [6, 6.07) is 5.93. The van der Waals surface area contributed by atoms with Gasteiger partial charge in [0.05, 0.1) is 18.8 Å². The zero-order chi connectivity index (χ0) is 15.3. The van der Waals surface area contributed by atoms with Gasteiger partial charge in [-0.25, -0.2) is 0 Å². The highest BCUT2D eigenvalue weighted by Gasteiger charge is 2.43. The second kappa shape index (κ2) is 7.48. The number of benzene rings is 1. The summed E-state index contributed by atoms with van der Waals surface area (Å²) in [7, 11) is 1.71. The first kappa shape index (κ1) is 16.6. The summed E-state index contributed by atoms with van der Waals surface area (Å²) in [6.45, 7) is 5.80. The predicted octanol–water partition coefficient (Wildman–Crippen LogP) is 4.35. The van der Waals surface area contributed by atoms with E-state index in [9.17, 15) is 0 Å². The van der Waals surface area contributed by atoms with E-state index in [1.54, 1.807) is 7.11 Å². The summed E-state index contributed by atoms with van der Waals surface area (Å²) < 4.78 is 11.8. The monoisotopic (exact) mass is 311 g/mol. The van der Waals surface area contributed by atoms with Crippen molar-refractivity contribution in [3.8, 4) is 5.75 Å². The molecule has 1 aliphatic carbocycles. The Hall–Kier alpha value is -0.770. The van der Waals surface area contributed by atoms with E-state index < -0.39 is 0 Å². The maximum Gasteiger partial charge on any atom is 0.123 e. The second-order valence-corrected chi connectivity index (χ2v) is 6.02. The number of rotatable bonds is 7. The molecule has 2 rings (SSSR count). The molecule has 1 N–H and O–H groups in total. The van der Waals surface area contributed by atoms with E-state index in [0.29, 0.717) is 0 Å². The third-order valence-electron chi connectivity index (χ3n) is 4.32. The second-order valence-electron chi connectivity index (χ2n) is 5.58. The lowest BCUT2D eigenvalue weighted by Crippen LogP contribution is -2.44. The number of hydrogen-bond acceptors (Lipinski definition) is 3. The summed E-state index contributed by atoms with van der Waals surface area (Å²) in [5.41, 5.74) is 0.949. The number of nitrogens with one attached hydrogen (secondary N) is 1. The highest BCUT2D eigenvalue weighted by Crippen LogP contribution is 2.45. The molecule has 0 spiro atoms. The van der Waals surface area contributed by atoms with Crippen molar-refractivity contribution in [3.05, 3.63) is 28.8 Å². The van der Waals surface area contributed by atoms with Crippen LogP contribution >= 0.6 is 11.6 Å². The van der Waals surface area contributed by atoms with E-state index in [2.05, 4.69) is 19.2 Å². The minimum absolute atomic E-state index is 0.110.